The van der Waals surface area contributed by atoms with Crippen LogP contribution in [0.5, 0.6) is 0 Å². The fourth-order valence-corrected chi connectivity index (χ4v) is 3.25. The van der Waals surface area contributed by atoms with E-state index in [1.807, 2.05) is 24.4 Å². The maximum Gasteiger partial charge on any atom is 0.411 e. The van der Waals surface area contributed by atoms with E-state index in [4.69, 9.17) is 0 Å². The number of alkyl halides is 3. The Labute approximate surface area is 195 Å². The summed E-state index contributed by atoms with van der Waals surface area (Å²) in [6.07, 6.45) is -4.32. The van der Waals surface area contributed by atoms with Crippen molar-refractivity contribution in [2.24, 2.45) is 4.99 Å². The number of aliphatic imine (C=N–C) groups is 1. The molecule has 0 saturated carbocycles. The number of nitrogens with zero attached hydrogens (tertiary/aromatic N) is 1. The highest BCUT2D eigenvalue weighted by molar-refractivity contribution is 14.0. The molecule has 0 fully saturated rings. The van der Waals surface area contributed by atoms with E-state index in [1.165, 1.54) is 11.3 Å². The van der Waals surface area contributed by atoms with Gasteiger partial charge in [-0.25, -0.2) is 4.99 Å². The molecular formula is C20H27F3IN3O2S. The minimum Gasteiger partial charge on any atom is -0.383 e. The highest BCUT2D eigenvalue weighted by Crippen LogP contribution is 2.24. The van der Waals surface area contributed by atoms with Crippen molar-refractivity contribution in [3.63, 3.8) is 0 Å². The average molecular weight is 557 g/mol. The molecule has 168 valence electrons. The Bertz CT molecular complexity index is 767. The van der Waals surface area contributed by atoms with E-state index >= 15 is 0 Å². The number of halogens is 4. The molecule has 5 nitrogen and oxygen atoms in total. The molecule has 1 atom stereocenters. The van der Waals surface area contributed by atoms with Crippen LogP contribution in [-0.2, 0) is 23.5 Å². The molecule has 2 rings (SSSR count). The molecule has 0 aliphatic carbocycles. The summed E-state index contributed by atoms with van der Waals surface area (Å²) in [5, 5.41) is 18.8. The topological polar surface area (TPSA) is 65.9 Å². The van der Waals surface area contributed by atoms with Crippen molar-refractivity contribution in [2.75, 3.05) is 19.7 Å². The largest absolute Gasteiger partial charge is 0.411 e. The summed E-state index contributed by atoms with van der Waals surface area (Å²) >= 11 is 1.49. The van der Waals surface area contributed by atoms with Gasteiger partial charge in [-0.3, -0.25) is 0 Å². The third-order valence-electron chi connectivity index (χ3n) is 3.97. The smallest absolute Gasteiger partial charge is 0.383 e. The van der Waals surface area contributed by atoms with Gasteiger partial charge in [0.25, 0.3) is 0 Å². The molecule has 30 heavy (non-hydrogen) atoms. The SMILES string of the molecule is CCNC(=NCc1ccc(COCC(F)(F)F)cc1)NCC(C)(O)c1cccs1.I. The fourth-order valence-electron chi connectivity index (χ4n) is 2.47. The first-order chi connectivity index (χ1) is 13.7. The molecule has 0 radical (unpaired) electrons. The number of benzene rings is 1. The number of ether oxygens (including phenoxy) is 1. The summed E-state index contributed by atoms with van der Waals surface area (Å²) in [7, 11) is 0. The fraction of sp³-hybridized carbons (Fsp3) is 0.450. The number of aliphatic hydroxyl groups is 1. The van der Waals surface area contributed by atoms with Crippen molar-refractivity contribution in [3.05, 3.63) is 57.8 Å². The number of nitrogens with one attached hydrogen (secondary N) is 2. The first-order valence-corrected chi connectivity index (χ1v) is 10.1. The van der Waals surface area contributed by atoms with E-state index in [2.05, 4.69) is 20.4 Å². The quantitative estimate of drug-likeness (QED) is 0.243. The van der Waals surface area contributed by atoms with Crippen LogP contribution in [0.15, 0.2) is 46.8 Å². The molecule has 0 saturated heterocycles. The summed E-state index contributed by atoms with van der Waals surface area (Å²) in [5.41, 5.74) is 0.563. The van der Waals surface area contributed by atoms with Crippen LogP contribution in [0.2, 0.25) is 0 Å². The van der Waals surface area contributed by atoms with Gasteiger partial charge >= 0.3 is 6.18 Å². The molecule has 1 aromatic heterocycles. The van der Waals surface area contributed by atoms with Crippen molar-refractivity contribution < 1.29 is 23.0 Å². The van der Waals surface area contributed by atoms with Gasteiger partial charge in [0.05, 0.1) is 19.7 Å². The second-order valence-electron chi connectivity index (χ2n) is 6.72. The van der Waals surface area contributed by atoms with E-state index in [0.29, 0.717) is 31.2 Å². The van der Waals surface area contributed by atoms with Gasteiger partial charge in [0.2, 0.25) is 0 Å². The van der Waals surface area contributed by atoms with Crippen molar-refractivity contribution in [1.82, 2.24) is 10.6 Å². The summed E-state index contributed by atoms with van der Waals surface area (Å²) in [6, 6.07) is 10.8. The molecule has 3 N–H and O–H groups in total. The lowest BCUT2D eigenvalue weighted by molar-refractivity contribution is -0.176. The average Bonchev–Trinajstić information content (AvgIpc) is 3.20. The molecule has 1 aromatic carbocycles. The maximum atomic E-state index is 12.1. The number of hydrogen-bond donors (Lipinski definition) is 3. The molecular weight excluding hydrogens is 530 g/mol. The third-order valence-corrected chi connectivity index (χ3v) is 5.10. The Morgan fingerprint density at radius 2 is 1.80 bits per heavy atom. The maximum absolute atomic E-state index is 12.1. The number of guanidine groups is 1. The predicted octanol–water partition coefficient (Wildman–Crippen LogP) is 4.41. The first-order valence-electron chi connectivity index (χ1n) is 9.20. The van der Waals surface area contributed by atoms with Crippen LogP contribution >= 0.6 is 35.3 Å². The molecule has 0 bridgehead atoms. The van der Waals surface area contributed by atoms with Crippen molar-refractivity contribution in [1.29, 1.82) is 0 Å². The Hall–Kier alpha value is -1.37. The Kier molecular flexibility index (Phi) is 11.1. The van der Waals surface area contributed by atoms with E-state index < -0.39 is 18.4 Å². The molecule has 0 spiro atoms. The minimum absolute atomic E-state index is 0. The second-order valence-corrected chi connectivity index (χ2v) is 7.67. The van der Waals surface area contributed by atoms with Gasteiger partial charge in [0.1, 0.15) is 12.2 Å². The summed E-state index contributed by atoms with van der Waals surface area (Å²) in [5.74, 6) is 0.571. The second kappa shape index (κ2) is 12.5. The molecule has 2 aromatic rings. The van der Waals surface area contributed by atoms with Crippen molar-refractivity contribution >= 4 is 41.3 Å². The van der Waals surface area contributed by atoms with E-state index in [1.54, 1.807) is 31.2 Å². The zero-order valence-corrected chi connectivity index (χ0v) is 20.0. The molecule has 1 unspecified atom stereocenters. The van der Waals surface area contributed by atoms with Crippen LogP contribution in [0, 0.1) is 0 Å². The van der Waals surface area contributed by atoms with E-state index in [-0.39, 0.29) is 30.6 Å². The predicted molar refractivity (Wildman–Crippen MR) is 124 cm³/mol. The highest BCUT2D eigenvalue weighted by atomic mass is 127. The van der Waals surface area contributed by atoms with Crippen LogP contribution < -0.4 is 10.6 Å². The van der Waals surface area contributed by atoms with Gasteiger partial charge in [-0.15, -0.1) is 35.3 Å². The zero-order chi connectivity index (χ0) is 21.3. The molecule has 0 aliphatic heterocycles. The first kappa shape index (κ1) is 26.7. The monoisotopic (exact) mass is 557 g/mol. The zero-order valence-electron chi connectivity index (χ0n) is 16.8. The van der Waals surface area contributed by atoms with Crippen LogP contribution in [0.4, 0.5) is 13.2 Å². The number of hydrogen-bond acceptors (Lipinski definition) is 4. The van der Waals surface area contributed by atoms with Gasteiger partial charge < -0.3 is 20.5 Å². The lowest BCUT2D eigenvalue weighted by Gasteiger charge is -2.23. The van der Waals surface area contributed by atoms with Crippen LogP contribution in [-0.4, -0.2) is 36.9 Å². The lowest BCUT2D eigenvalue weighted by Crippen LogP contribution is -2.44. The summed E-state index contributed by atoms with van der Waals surface area (Å²) < 4.78 is 41.0. The lowest BCUT2D eigenvalue weighted by atomic mass is 10.1. The highest BCUT2D eigenvalue weighted by Gasteiger charge is 2.27. The van der Waals surface area contributed by atoms with Gasteiger partial charge in [-0.1, -0.05) is 30.3 Å². The number of rotatable bonds is 9. The van der Waals surface area contributed by atoms with Gasteiger partial charge in [-0.05, 0) is 36.4 Å². The Balaban J connectivity index is 0.00000450. The third kappa shape index (κ3) is 9.63. The molecule has 1 heterocycles. The molecule has 0 aliphatic rings. The normalized spacial score (nSPS) is 14.0. The van der Waals surface area contributed by atoms with Crippen molar-refractivity contribution in [2.45, 2.75) is 38.8 Å². The van der Waals surface area contributed by atoms with Gasteiger partial charge in [0, 0.05) is 11.4 Å². The van der Waals surface area contributed by atoms with Crippen molar-refractivity contribution in [3.8, 4) is 0 Å². The van der Waals surface area contributed by atoms with Crippen LogP contribution in [0.3, 0.4) is 0 Å². The van der Waals surface area contributed by atoms with E-state index in [0.717, 1.165) is 10.4 Å². The standard InChI is InChI=1S/C20H26F3N3O2S.HI/c1-3-24-18(26-13-19(2,27)17-5-4-10-29-17)25-11-15-6-8-16(9-7-15)12-28-14-20(21,22)23;/h4-10,27H,3,11-14H2,1-2H3,(H2,24,25,26);1H. The number of thiophene rings is 1. The summed E-state index contributed by atoms with van der Waals surface area (Å²) in [6.45, 7) is 3.70. The van der Waals surface area contributed by atoms with Crippen LogP contribution in [0.1, 0.15) is 29.9 Å². The van der Waals surface area contributed by atoms with Crippen LogP contribution in [0.25, 0.3) is 0 Å². The van der Waals surface area contributed by atoms with Gasteiger partial charge in [0.15, 0.2) is 5.96 Å². The molecule has 0 amide bonds. The summed E-state index contributed by atoms with van der Waals surface area (Å²) in [4.78, 5) is 5.36. The Morgan fingerprint density at radius 3 is 2.37 bits per heavy atom. The van der Waals surface area contributed by atoms with E-state index in [9.17, 15) is 18.3 Å². The molecule has 10 heteroatoms. The van der Waals surface area contributed by atoms with Gasteiger partial charge in [-0.2, -0.15) is 13.2 Å². The minimum atomic E-state index is -4.32. The Morgan fingerprint density at radius 1 is 1.13 bits per heavy atom.